The molecule has 1 fully saturated rings. The van der Waals surface area contributed by atoms with Crippen molar-refractivity contribution in [2.45, 2.75) is 63.7 Å². The molecule has 1 saturated heterocycles. The molecule has 2 bridgehead atoms. The minimum absolute atomic E-state index is 0.00291. The van der Waals surface area contributed by atoms with Crippen molar-refractivity contribution in [1.29, 1.82) is 0 Å². The zero-order valence-electron chi connectivity index (χ0n) is 23.5. The smallest absolute Gasteiger partial charge is 0.274 e. The molecule has 0 unspecified atom stereocenters. The Morgan fingerprint density at radius 2 is 1.95 bits per heavy atom. The number of amides is 2. The first-order chi connectivity index (χ1) is 20.6. The second-order valence-electron chi connectivity index (χ2n) is 11.2. The normalized spacial score (nSPS) is 24.2. The van der Waals surface area contributed by atoms with Crippen LogP contribution in [0.25, 0.3) is 0 Å². The molecular weight excluding hydrogens is 565 g/mol. The van der Waals surface area contributed by atoms with Crippen LogP contribution in [0.15, 0.2) is 64.7 Å². The molecule has 6 rings (SSSR count). The van der Waals surface area contributed by atoms with Gasteiger partial charge in [0.15, 0.2) is 23.2 Å². The van der Waals surface area contributed by atoms with Gasteiger partial charge in [-0.2, -0.15) is 0 Å². The first kappa shape index (κ1) is 28.5. The average molecular weight is 595 g/mol. The SMILES string of the molecule is CC1=NO[C@@]2(CC[C@H](C)N3C[C@H]2n2cc(C(=O)NCc4ccc(F)cc4F)c(=O)c(OCc4ccccc4)c2C3=O)[C@H]1F. The van der Waals surface area contributed by atoms with Crippen molar-refractivity contribution in [3.63, 3.8) is 0 Å². The summed E-state index contributed by atoms with van der Waals surface area (Å²) in [6.45, 7) is 3.00. The van der Waals surface area contributed by atoms with Gasteiger partial charge in [-0.15, -0.1) is 0 Å². The number of rotatable bonds is 6. The third-order valence-electron chi connectivity index (χ3n) is 8.49. The van der Waals surface area contributed by atoms with E-state index in [0.717, 1.165) is 6.07 Å². The van der Waals surface area contributed by atoms with Crippen LogP contribution in [0.3, 0.4) is 0 Å². The Kier molecular flexibility index (Phi) is 7.23. The number of fused-ring (bicyclic) bond motifs is 5. The Balaban J connectivity index is 1.47. The molecular formula is C31H29F3N4O5. The van der Waals surface area contributed by atoms with Crippen LogP contribution >= 0.6 is 0 Å². The predicted octanol–water partition coefficient (Wildman–Crippen LogP) is 4.30. The number of nitrogens with zero attached hydrogens (tertiary/aromatic N) is 3. The van der Waals surface area contributed by atoms with Crippen LogP contribution in [-0.4, -0.2) is 51.4 Å². The van der Waals surface area contributed by atoms with E-state index in [1.165, 1.54) is 23.8 Å². The highest BCUT2D eigenvalue weighted by molar-refractivity contribution is 5.99. The largest absolute Gasteiger partial charge is 0.483 e. The highest BCUT2D eigenvalue weighted by Crippen LogP contribution is 2.47. The van der Waals surface area contributed by atoms with Gasteiger partial charge in [0.2, 0.25) is 5.43 Å². The Morgan fingerprint density at radius 1 is 1.19 bits per heavy atom. The summed E-state index contributed by atoms with van der Waals surface area (Å²) in [5, 5.41) is 6.44. The van der Waals surface area contributed by atoms with E-state index >= 15 is 4.39 Å². The highest BCUT2D eigenvalue weighted by Gasteiger charge is 2.59. The van der Waals surface area contributed by atoms with Crippen molar-refractivity contribution < 1.29 is 32.3 Å². The average Bonchev–Trinajstić information content (AvgIpc) is 3.20. The van der Waals surface area contributed by atoms with E-state index < -0.39 is 52.3 Å². The van der Waals surface area contributed by atoms with E-state index in [0.29, 0.717) is 18.1 Å². The van der Waals surface area contributed by atoms with E-state index in [2.05, 4.69) is 10.5 Å². The number of carbonyl (C=O) groups excluding carboxylic acids is 2. The third kappa shape index (κ3) is 4.84. The molecule has 12 heteroatoms. The number of hydrogen-bond donors (Lipinski definition) is 1. The van der Waals surface area contributed by atoms with Gasteiger partial charge in [-0.1, -0.05) is 41.6 Å². The molecule has 0 saturated carbocycles. The number of nitrogens with one attached hydrogen (secondary N) is 1. The number of hydrogen-bond acceptors (Lipinski definition) is 6. The van der Waals surface area contributed by atoms with Crippen molar-refractivity contribution >= 4 is 17.5 Å². The first-order valence-electron chi connectivity index (χ1n) is 14.0. The molecule has 0 radical (unpaired) electrons. The van der Waals surface area contributed by atoms with Gasteiger partial charge in [0.25, 0.3) is 11.8 Å². The third-order valence-corrected chi connectivity index (χ3v) is 8.49. The Labute approximate surface area is 244 Å². The van der Waals surface area contributed by atoms with Gasteiger partial charge in [0.05, 0.1) is 11.8 Å². The number of halogens is 3. The summed E-state index contributed by atoms with van der Waals surface area (Å²) >= 11 is 0. The molecule has 1 N–H and O–H groups in total. The number of alkyl halides is 1. The zero-order chi connectivity index (χ0) is 30.5. The fourth-order valence-electron chi connectivity index (χ4n) is 6.05. The predicted molar refractivity (Wildman–Crippen MR) is 150 cm³/mol. The summed E-state index contributed by atoms with van der Waals surface area (Å²) in [4.78, 5) is 48.6. The minimum Gasteiger partial charge on any atom is -0.483 e. The first-order valence-corrected chi connectivity index (χ1v) is 14.0. The molecule has 4 heterocycles. The fourth-order valence-corrected chi connectivity index (χ4v) is 6.05. The molecule has 3 aliphatic rings. The molecule has 1 aromatic heterocycles. The second-order valence-corrected chi connectivity index (χ2v) is 11.2. The van der Waals surface area contributed by atoms with Crippen LogP contribution in [0.1, 0.15) is 64.7 Å². The molecule has 2 aromatic carbocycles. The van der Waals surface area contributed by atoms with E-state index in [9.17, 15) is 23.2 Å². The van der Waals surface area contributed by atoms with Crippen molar-refractivity contribution in [3.05, 3.63) is 99.0 Å². The summed E-state index contributed by atoms with van der Waals surface area (Å²) in [7, 11) is 0. The minimum atomic E-state index is -1.60. The lowest BCUT2D eigenvalue weighted by Gasteiger charge is -2.42. The van der Waals surface area contributed by atoms with E-state index in [1.807, 2.05) is 13.0 Å². The maximum absolute atomic E-state index is 15.9. The number of carbonyl (C=O) groups is 2. The zero-order valence-corrected chi connectivity index (χ0v) is 23.5. The molecule has 43 heavy (non-hydrogen) atoms. The quantitative estimate of drug-likeness (QED) is 0.459. The van der Waals surface area contributed by atoms with E-state index in [1.54, 1.807) is 29.2 Å². The molecule has 2 amide bonds. The van der Waals surface area contributed by atoms with Crippen LogP contribution in [0, 0.1) is 11.6 Å². The van der Waals surface area contributed by atoms with Gasteiger partial charge in [0, 0.05) is 37.0 Å². The lowest BCUT2D eigenvalue weighted by molar-refractivity contribution is -0.0957. The molecule has 1 spiro atoms. The summed E-state index contributed by atoms with van der Waals surface area (Å²) in [6.07, 6.45) is 0.255. The number of pyridine rings is 1. The summed E-state index contributed by atoms with van der Waals surface area (Å²) in [5.41, 5.74) is -1.99. The van der Waals surface area contributed by atoms with Gasteiger partial charge in [-0.05, 0) is 38.3 Å². The van der Waals surface area contributed by atoms with Crippen LogP contribution in [0.5, 0.6) is 5.75 Å². The Bertz CT molecular complexity index is 1690. The highest BCUT2D eigenvalue weighted by atomic mass is 19.1. The fraction of sp³-hybridized carbons (Fsp3) is 0.355. The van der Waals surface area contributed by atoms with Gasteiger partial charge in [-0.25, -0.2) is 13.2 Å². The lowest BCUT2D eigenvalue weighted by Crippen LogP contribution is -2.55. The maximum Gasteiger partial charge on any atom is 0.274 e. The van der Waals surface area contributed by atoms with Crippen LogP contribution in [0.4, 0.5) is 13.2 Å². The summed E-state index contributed by atoms with van der Waals surface area (Å²) < 4.78 is 50.9. The monoisotopic (exact) mass is 594 g/mol. The molecule has 9 nitrogen and oxygen atoms in total. The second kappa shape index (κ2) is 10.9. The molecule has 224 valence electrons. The molecule has 0 aliphatic carbocycles. The van der Waals surface area contributed by atoms with Crippen LogP contribution < -0.4 is 15.5 Å². The number of ether oxygens (including phenoxy) is 1. The molecule has 4 atom stereocenters. The number of oxime groups is 1. The van der Waals surface area contributed by atoms with Crippen molar-refractivity contribution in [1.82, 2.24) is 14.8 Å². The summed E-state index contributed by atoms with van der Waals surface area (Å²) in [5.74, 6) is -3.37. The van der Waals surface area contributed by atoms with E-state index in [-0.39, 0.29) is 54.9 Å². The standard InChI is InChI=1S/C31H29F3N4O5/c1-17-10-11-31(28(34)18(2)36-43-31)24-15-37(17)30(41)25-27(42-16-19-6-4-3-5-7-19)26(39)22(14-38(24)25)29(40)35-13-20-8-9-21(32)12-23(20)33/h3-9,12,14,17,24,28H,10-11,13,15-16H2,1-2H3,(H,35,40)/t17-,24+,28-,31+/m0/s1. The van der Waals surface area contributed by atoms with Crippen molar-refractivity contribution in [3.8, 4) is 5.75 Å². The van der Waals surface area contributed by atoms with Gasteiger partial charge < -0.3 is 24.4 Å². The van der Waals surface area contributed by atoms with Crippen LogP contribution in [-0.2, 0) is 18.0 Å². The molecule has 3 aromatic rings. The van der Waals surface area contributed by atoms with Gasteiger partial charge in [0.1, 0.15) is 23.8 Å². The van der Waals surface area contributed by atoms with E-state index in [4.69, 9.17) is 9.57 Å². The van der Waals surface area contributed by atoms with Crippen molar-refractivity contribution in [2.24, 2.45) is 5.16 Å². The number of aromatic nitrogens is 1. The Morgan fingerprint density at radius 3 is 2.65 bits per heavy atom. The Hall–Kier alpha value is -4.61. The van der Waals surface area contributed by atoms with Gasteiger partial charge in [-0.3, -0.25) is 14.4 Å². The maximum atomic E-state index is 15.9. The van der Waals surface area contributed by atoms with Crippen molar-refractivity contribution in [2.75, 3.05) is 6.54 Å². The number of benzene rings is 2. The molecule has 3 aliphatic heterocycles. The van der Waals surface area contributed by atoms with Gasteiger partial charge >= 0.3 is 0 Å². The topological polar surface area (TPSA) is 102 Å². The lowest BCUT2D eigenvalue weighted by atomic mass is 9.82. The summed E-state index contributed by atoms with van der Waals surface area (Å²) in [6, 6.07) is 10.7. The van der Waals surface area contributed by atoms with Crippen LogP contribution in [0.2, 0.25) is 0 Å².